The molecule has 0 bridgehead atoms. The van der Waals surface area contributed by atoms with Crippen LogP contribution in [0.1, 0.15) is 21.5 Å². The number of rotatable bonds is 5. The molecule has 4 rings (SSSR count). The Balaban J connectivity index is 1.29. The summed E-state index contributed by atoms with van der Waals surface area (Å²) in [4.78, 5) is 21.9. The fraction of sp³-hybridized carbons (Fsp3) is 0.364. The molecule has 2 heterocycles. The number of carbonyl (C=O) groups excluding carboxylic acids is 1. The standard InChI is InChI=1S/C22H25ClN4OS/c1-15-5-3-4-6-17(15)21(28)24-9-10-26-11-13-27(14-12-26)22-25-19-16(2)7-8-18(23)20(19)29-22/h3-8H,9-14H2,1-2H3,(H,24,28). The second-order valence-electron chi connectivity index (χ2n) is 7.44. The first-order chi connectivity index (χ1) is 14.0. The number of piperazine rings is 1. The number of aromatic nitrogens is 1. The predicted octanol–water partition coefficient (Wildman–Crippen LogP) is 4.12. The highest BCUT2D eigenvalue weighted by Gasteiger charge is 2.21. The third-order valence-corrected chi connectivity index (χ3v) is 7.01. The Morgan fingerprint density at radius 3 is 2.59 bits per heavy atom. The minimum Gasteiger partial charge on any atom is -0.351 e. The molecular formula is C22H25ClN4OS. The van der Waals surface area contributed by atoms with Crippen molar-refractivity contribution in [1.82, 2.24) is 15.2 Å². The minimum atomic E-state index is 0.00320. The SMILES string of the molecule is Cc1ccccc1C(=O)NCCN1CCN(c2nc3c(C)ccc(Cl)c3s2)CC1. The van der Waals surface area contributed by atoms with Crippen molar-refractivity contribution in [2.75, 3.05) is 44.2 Å². The lowest BCUT2D eigenvalue weighted by atomic mass is 10.1. The molecule has 152 valence electrons. The Hall–Kier alpha value is -2.15. The van der Waals surface area contributed by atoms with Crippen molar-refractivity contribution < 1.29 is 4.79 Å². The average Bonchev–Trinajstić information content (AvgIpc) is 3.18. The summed E-state index contributed by atoms with van der Waals surface area (Å²) in [6.45, 7) is 9.34. The second-order valence-corrected chi connectivity index (χ2v) is 8.82. The predicted molar refractivity (Wildman–Crippen MR) is 122 cm³/mol. The van der Waals surface area contributed by atoms with Gasteiger partial charge in [-0.3, -0.25) is 9.69 Å². The van der Waals surface area contributed by atoms with Gasteiger partial charge in [0, 0.05) is 44.8 Å². The average molecular weight is 429 g/mol. The number of amides is 1. The summed E-state index contributed by atoms with van der Waals surface area (Å²) in [5.74, 6) is 0.00320. The first-order valence-corrected chi connectivity index (χ1v) is 11.1. The maximum Gasteiger partial charge on any atom is 0.251 e. The smallest absolute Gasteiger partial charge is 0.251 e. The van der Waals surface area contributed by atoms with Crippen molar-refractivity contribution in [2.45, 2.75) is 13.8 Å². The van der Waals surface area contributed by atoms with Gasteiger partial charge in [-0.2, -0.15) is 0 Å². The third-order valence-electron chi connectivity index (χ3n) is 5.43. The summed E-state index contributed by atoms with van der Waals surface area (Å²) in [5.41, 5.74) is 3.93. The van der Waals surface area contributed by atoms with E-state index in [9.17, 15) is 4.79 Å². The Morgan fingerprint density at radius 1 is 1.10 bits per heavy atom. The van der Waals surface area contributed by atoms with Gasteiger partial charge in [0.2, 0.25) is 0 Å². The lowest BCUT2D eigenvalue weighted by Crippen LogP contribution is -2.48. The molecule has 1 fully saturated rings. The molecule has 2 aromatic carbocycles. The van der Waals surface area contributed by atoms with Crippen LogP contribution in [-0.4, -0.2) is 55.1 Å². The zero-order chi connectivity index (χ0) is 20.4. The topological polar surface area (TPSA) is 48.5 Å². The summed E-state index contributed by atoms with van der Waals surface area (Å²) >= 11 is 8.02. The van der Waals surface area contributed by atoms with Crippen LogP contribution in [0.25, 0.3) is 10.2 Å². The molecule has 1 aliphatic rings. The zero-order valence-corrected chi connectivity index (χ0v) is 18.3. The molecule has 0 aliphatic carbocycles. The number of nitrogens with zero attached hydrogens (tertiary/aromatic N) is 3. The van der Waals surface area contributed by atoms with Gasteiger partial charge >= 0.3 is 0 Å². The summed E-state index contributed by atoms with van der Waals surface area (Å²) in [5, 5.41) is 4.86. The number of nitrogens with one attached hydrogen (secondary N) is 1. The number of hydrogen-bond donors (Lipinski definition) is 1. The first kappa shape index (κ1) is 20.1. The van der Waals surface area contributed by atoms with Gasteiger partial charge in [-0.15, -0.1) is 0 Å². The molecule has 0 spiro atoms. The molecule has 3 aromatic rings. The van der Waals surface area contributed by atoms with E-state index >= 15 is 0 Å². The highest BCUT2D eigenvalue weighted by atomic mass is 35.5. The molecular weight excluding hydrogens is 404 g/mol. The monoisotopic (exact) mass is 428 g/mol. The number of hydrogen-bond acceptors (Lipinski definition) is 5. The van der Waals surface area contributed by atoms with Gasteiger partial charge in [-0.1, -0.05) is 47.2 Å². The Labute approximate surface area is 180 Å². The van der Waals surface area contributed by atoms with Crippen molar-refractivity contribution >= 4 is 44.2 Å². The van der Waals surface area contributed by atoms with Crippen LogP contribution in [0.5, 0.6) is 0 Å². The molecule has 0 atom stereocenters. The highest BCUT2D eigenvalue weighted by Crippen LogP contribution is 2.35. The van der Waals surface area contributed by atoms with Gasteiger partial charge in [0.05, 0.1) is 15.2 Å². The van der Waals surface area contributed by atoms with Crippen LogP contribution >= 0.6 is 22.9 Å². The van der Waals surface area contributed by atoms with Crippen LogP contribution in [0.2, 0.25) is 5.02 Å². The maximum absolute atomic E-state index is 12.3. The van der Waals surface area contributed by atoms with E-state index in [4.69, 9.17) is 16.6 Å². The zero-order valence-electron chi connectivity index (χ0n) is 16.7. The van der Waals surface area contributed by atoms with Crippen LogP contribution in [0.3, 0.4) is 0 Å². The van der Waals surface area contributed by atoms with E-state index in [2.05, 4.69) is 22.0 Å². The second kappa shape index (κ2) is 8.69. The van der Waals surface area contributed by atoms with E-state index in [0.29, 0.717) is 6.54 Å². The van der Waals surface area contributed by atoms with Gasteiger partial charge in [0.15, 0.2) is 5.13 Å². The van der Waals surface area contributed by atoms with Crippen molar-refractivity contribution in [2.24, 2.45) is 0 Å². The van der Waals surface area contributed by atoms with Crippen LogP contribution in [0.15, 0.2) is 36.4 Å². The third kappa shape index (κ3) is 4.39. The Kier molecular flexibility index (Phi) is 6.04. The largest absolute Gasteiger partial charge is 0.351 e. The Morgan fingerprint density at radius 2 is 1.86 bits per heavy atom. The first-order valence-electron chi connectivity index (χ1n) is 9.89. The number of aryl methyl sites for hydroxylation is 2. The maximum atomic E-state index is 12.3. The fourth-order valence-corrected chi connectivity index (χ4v) is 5.01. The number of benzene rings is 2. The molecule has 7 heteroatoms. The molecule has 1 amide bonds. The fourth-order valence-electron chi connectivity index (χ4n) is 3.64. The van der Waals surface area contributed by atoms with E-state index in [-0.39, 0.29) is 5.91 Å². The lowest BCUT2D eigenvalue weighted by Gasteiger charge is -2.34. The van der Waals surface area contributed by atoms with Crippen LogP contribution in [-0.2, 0) is 0 Å². The molecule has 1 aromatic heterocycles. The molecule has 0 saturated carbocycles. The van der Waals surface area contributed by atoms with E-state index in [1.165, 1.54) is 0 Å². The molecule has 1 saturated heterocycles. The number of thiazole rings is 1. The molecule has 0 radical (unpaired) electrons. The molecule has 29 heavy (non-hydrogen) atoms. The molecule has 0 unspecified atom stereocenters. The van der Waals surface area contributed by atoms with E-state index < -0.39 is 0 Å². The van der Waals surface area contributed by atoms with Gasteiger partial charge in [0.1, 0.15) is 0 Å². The summed E-state index contributed by atoms with van der Waals surface area (Å²) in [6, 6.07) is 11.7. The molecule has 1 N–H and O–H groups in total. The van der Waals surface area contributed by atoms with Crippen LogP contribution in [0, 0.1) is 13.8 Å². The molecule has 5 nitrogen and oxygen atoms in total. The molecule has 1 aliphatic heterocycles. The normalized spacial score (nSPS) is 15.1. The van der Waals surface area contributed by atoms with E-state index in [1.54, 1.807) is 11.3 Å². The van der Waals surface area contributed by atoms with Crippen molar-refractivity contribution in [3.8, 4) is 0 Å². The van der Waals surface area contributed by atoms with Crippen LogP contribution in [0.4, 0.5) is 5.13 Å². The van der Waals surface area contributed by atoms with E-state index in [0.717, 1.165) is 69.8 Å². The van der Waals surface area contributed by atoms with Crippen molar-refractivity contribution in [3.63, 3.8) is 0 Å². The van der Waals surface area contributed by atoms with Gasteiger partial charge in [0.25, 0.3) is 5.91 Å². The minimum absolute atomic E-state index is 0.00320. The quantitative estimate of drug-likeness (QED) is 0.664. The lowest BCUT2D eigenvalue weighted by molar-refractivity contribution is 0.0947. The number of halogens is 1. The Bertz CT molecular complexity index is 988. The van der Waals surface area contributed by atoms with Crippen molar-refractivity contribution in [1.29, 1.82) is 0 Å². The number of fused-ring (bicyclic) bond motifs is 1. The van der Waals surface area contributed by atoms with Gasteiger partial charge in [-0.05, 0) is 37.1 Å². The van der Waals surface area contributed by atoms with Crippen molar-refractivity contribution in [3.05, 3.63) is 58.1 Å². The summed E-state index contributed by atoms with van der Waals surface area (Å²) < 4.78 is 1.07. The highest BCUT2D eigenvalue weighted by molar-refractivity contribution is 7.22. The summed E-state index contributed by atoms with van der Waals surface area (Å²) in [6.07, 6.45) is 0. The number of anilines is 1. The van der Waals surface area contributed by atoms with E-state index in [1.807, 2.05) is 43.3 Å². The van der Waals surface area contributed by atoms with Gasteiger partial charge in [-0.25, -0.2) is 4.98 Å². The summed E-state index contributed by atoms with van der Waals surface area (Å²) in [7, 11) is 0. The van der Waals surface area contributed by atoms with Gasteiger partial charge < -0.3 is 10.2 Å². The van der Waals surface area contributed by atoms with Crippen LogP contribution < -0.4 is 10.2 Å². The number of carbonyl (C=O) groups is 1.